The third-order valence-corrected chi connectivity index (χ3v) is 3.22. The lowest BCUT2D eigenvalue weighted by atomic mass is 10.1. The molecule has 1 unspecified atom stereocenters. The van der Waals surface area contributed by atoms with Crippen LogP contribution in [0.4, 0.5) is 11.8 Å². The first-order chi connectivity index (χ1) is 8.52. The zero-order valence-corrected chi connectivity index (χ0v) is 11.3. The third-order valence-electron chi connectivity index (χ3n) is 2.66. The number of halogens is 1. The van der Waals surface area contributed by atoms with Gasteiger partial charge in [-0.15, -0.1) is 0 Å². The van der Waals surface area contributed by atoms with Crippen molar-refractivity contribution in [3.63, 3.8) is 0 Å². The molecule has 0 aliphatic carbocycles. The van der Waals surface area contributed by atoms with Crippen LogP contribution in [0.5, 0.6) is 0 Å². The average molecular weight is 314 g/mol. The summed E-state index contributed by atoms with van der Waals surface area (Å²) < 4.78 is 0.595. The number of nitrogens with two attached hydrogens (primary N) is 1. The zero-order valence-electron chi connectivity index (χ0n) is 9.68. The van der Waals surface area contributed by atoms with Gasteiger partial charge in [-0.25, -0.2) is 4.98 Å². The SMILES string of the molecule is CCC1C(=O)NC(=O)CN1c1nc(N)ncc1Br. The van der Waals surface area contributed by atoms with E-state index >= 15 is 0 Å². The lowest BCUT2D eigenvalue weighted by Crippen LogP contribution is -2.58. The molecule has 2 amide bonds. The molecule has 0 radical (unpaired) electrons. The van der Waals surface area contributed by atoms with Crippen molar-refractivity contribution in [1.29, 1.82) is 0 Å². The maximum Gasteiger partial charge on any atom is 0.249 e. The van der Waals surface area contributed by atoms with Crippen molar-refractivity contribution < 1.29 is 9.59 Å². The van der Waals surface area contributed by atoms with Crippen molar-refractivity contribution in [2.45, 2.75) is 19.4 Å². The highest BCUT2D eigenvalue weighted by Gasteiger charge is 2.34. The Balaban J connectivity index is 2.42. The maximum absolute atomic E-state index is 11.8. The number of carbonyl (C=O) groups excluding carboxylic acids is 2. The van der Waals surface area contributed by atoms with Crippen LogP contribution in [-0.4, -0.2) is 34.4 Å². The van der Waals surface area contributed by atoms with E-state index in [0.29, 0.717) is 16.7 Å². The Morgan fingerprint density at radius 1 is 1.61 bits per heavy atom. The fourth-order valence-corrected chi connectivity index (χ4v) is 2.29. The van der Waals surface area contributed by atoms with Crippen LogP contribution in [-0.2, 0) is 9.59 Å². The zero-order chi connectivity index (χ0) is 13.3. The minimum atomic E-state index is -0.437. The third kappa shape index (κ3) is 2.28. The van der Waals surface area contributed by atoms with Gasteiger partial charge in [-0.2, -0.15) is 4.98 Å². The topological polar surface area (TPSA) is 101 Å². The molecule has 1 fully saturated rings. The molecule has 0 bridgehead atoms. The number of hydrogen-bond donors (Lipinski definition) is 2. The molecule has 0 spiro atoms. The fraction of sp³-hybridized carbons (Fsp3) is 0.400. The van der Waals surface area contributed by atoms with Crippen molar-refractivity contribution in [2.24, 2.45) is 0 Å². The lowest BCUT2D eigenvalue weighted by Gasteiger charge is -2.34. The number of anilines is 2. The Hall–Kier alpha value is -1.70. The predicted molar refractivity (Wildman–Crippen MR) is 68.7 cm³/mol. The number of piperazine rings is 1. The number of nitrogens with zero attached hydrogens (tertiary/aromatic N) is 3. The molecule has 1 aromatic heterocycles. The van der Waals surface area contributed by atoms with Crippen molar-refractivity contribution >= 4 is 39.5 Å². The minimum absolute atomic E-state index is 0.0687. The number of carbonyl (C=O) groups is 2. The number of hydrogen-bond acceptors (Lipinski definition) is 6. The Morgan fingerprint density at radius 2 is 2.33 bits per heavy atom. The molecule has 1 atom stereocenters. The molecule has 2 rings (SSSR count). The first-order valence-electron chi connectivity index (χ1n) is 5.41. The summed E-state index contributed by atoms with van der Waals surface area (Å²) in [5, 5.41) is 2.30. The molecule has 96 valence electrons. The van der Waals surface area contributed by atoms with Crippen LogP contribution in [0.15, 0.2) is 10.7 Å². The summed E-state index contributed by atoms with van der Waals surface area (Å²) >= 11 is 3.30. The molecule has 1 aliphatic heterocycles. The van der Waals surface area contributed by atoms with E-state index in [9.17, 15) is 9.59 Å². The van der Waals surface area contributed by atoms with E-state index in [4.69, 9.17) is 5.73 Å². The normalized spacial score (nSPS) is 19.9. The molecule has 0 saturated carbocycles. The summed E-state index contributed by atoms with van der Waals surface area (Å²) in [6, 6.07) is -0.437. The first-order valence-corrected chi connectivity index (χ1v) is 6.20. The number of rotatable bonds is 2. The van der Waals surface area contributed by atoms with Crippen molar-refractivity contribution in [1.82, 2.24) is 15.3 Å². The molecule has 1 aliphatic rings. The van der Waals surface area contributed by atoms with Crippen LogP contribution in [0.3, 0.4) is 0 Å². The maximum atomic E-state index is 11.8. The Morgan fingerprint density at radius 3 is 3.00 bits per heavy atom. The molecule has 3 N–H and O–H groups in total. The highest BCUT2D eigenvalue weighted by molar-refractivity contribution is 9.10. The van der Waals surface area contributed by atoms with Crippen molar-refractivity contribution in [3.05, 3.63) is 10.7 Å². The van der Waals surface area contributed by atoms with Gasteiger partial charge in [-0.3, -0.25) is 14.9 Å². The van der Waals surface area contributed by atoms with Gasteiger partial charge in [0, 0.05) is 6.20 Å². The van der Waals surface area contributed by atoms with E-state index < -0.39 is 6.04 Å². The molecule has 7 nitrogen and oxygen atoms in total. The summed E-state index contributed by atoms with van der Waals surface area (Å²) in [7, 11) is 0. The number of amides is 2. The molecule has 18 heavy (non-hydrogen) atoms. The molecular weight excluding hydrogens is 302 g/mol. The second-order valence-corrected chi connectivity index (χ2v) is 4.72. The number of nitrogens with one attached hydrogen (secondary N) is 1. The van der Waals surface area contributed by atoms with Crippen LogP contribution >= 0.6 is 15.9 Å². The van der Waals surface area contributed by atoms with Gasteiger partial charge in [0.25, 0.3) is 0 Å². The summed E-state index contributed by atoms with van der Waals surface area (Å²) in [5.41, 5.74) is 5.54. The Bertz CT molecular complexity index is 507. The summed E-state index contributed by atoms with van der Waals surface area (Å²) in [4.78, 5) is 32.7. The van der Waals surface area contributed by atoms with E-state index in [-0.39, 0.29) is 24.3 Å². The predicted octanol–water partition coefficient (Wildman–Crippen LogP) is 0.0627. The van der Waals surface area contributed by atoms with E-state index in [1.807, 2.05) is 6.92 Å². The lowest BCUT2D eigenvalue weighted by molar-refractivity contribution is -0.132. The summed E-state index contributed by atoms with van der Waals surface area (Å²) in [5.74, 6) is -0.120. The summed E-state index contributed by atoms with van der Waals surface area (Å²) in [6.07, 6.45) is 2.07. The largest absolute Gasteiger partial charge is 0.368 e. The fourth-order valence-electron chi connectivity index (χ4n) is 1.87. The number of nitrogen functional groups attached to an aromatic ring is 1. The molecular formula is C10H12BrN5O2. The standard InChI is InChI=1S/C10H12BrN5O2/c1-2-6-9(18)14-7(17)4-16(6)8-5(11)3-13-10(12)15-8/h3,6H,2,4H2,1H3,(H2,12,13,15)(H,14,17,18). The van der Waals surface area contributed by atoms with Gasteiger partial charge in [0.15, 0.2) is 0 Å². The van der Waals surface area contributed by atoms with Gasteiger partial charge in [-0.1, -0.05) is 6.92 Å². The van der Waals surface area contributed by atoms with Crippen LogP contribution in [0.25, 0.3) is 0 Å². The quantitative estimate of drug-likeness (QED) is 0.749. The van der Waals surface area contributed by atoms with E-state index in [1.54, 1.807) is 4.90 Å². The summed E-state index contributed by atoms with van der Waals surface area (Å²) in [6.45, 7) is 1.94. The highest BCUT2D eigenvalue weighted by Crippen LogP contribution is 2.27. The molecule has 1 saturated heterocycles. The Kier molecular flexibility index (Phi) is 3.46. The molecule has 8 heteroatoms. The van der Waals surface area contributed by atoms with Crippen LogP contribution in [0, 0.1) is 0 Å². The molecule has 2 heterocycles. The minimum Gasteiger partial charge on any atom is -0.368 e. The van der Waals surface area contributed by atoms with E-state index in [0.717, 1.165) is 0 Å². The van der Waals surface area contributed by atoms with Crippen LogP contribution in [0.1, 0.15) is 13.3 Å². The Labute approximate surface area is 112 Å². The molecule has 0 aromatic carbocycles. The van der Waals surface area contributed by atoms with E-state index in [1.165, 1.54) is 6.20 Å². The number of imide groups is 1. The van der Waals surface area contributed by atoms with Crippen LogP contribution < -0.4 is 16.0 Å². The first kappa shape index (κ1) is 12.7. The van der Waals surface area contributed by atoms with Crippen molar-refractivity contribution in [2.75, 3.05) is 17.2 Å². The van der Waals surface area contributed by atoms with Gasteiger partial charge in [0.1, 0.15) is 11.9 Å². The number of aromatic nitrogens is 2. The smallest absolute Gasteiger partial charge is 0.249 e. The second-order valence-electron chi connectivity index (χ2n) is 3.86. The highest BCUT2D eigenvalue weighted by atomic mass is 79.9. The van der Waals surface area contributed by atoms with Gasteiger partial charge in [0.05, 0.1) is 11.0 Å². The van der Waals surface area contributed by atoms with Crippen LogP contribution in [0.2, 0.25) is 0 Å². The average Bonchev–Trinajstić information content (AvgIpc) is 2.31. The second kappa shape index (κ2) is 4.89. The van der Waals surface area contributed by atoms with Gasteiger partial charge >= 0.3 is 0 Å². The van der Waals surface area contributed by atoms with Gasteiger partial charge < -0.3 is 10.6 Å². The van der Waals surface area contributed by atoms with Gasteiger partial charge in [0.2, 0.25) is 17.8 Å². The van der Waals surface area contributed by atoms with Crippen molar-refractivity contribution in [3.8, 4) is 0 Å². The monoisotopic (exact) mass is 313 g/mol. The van der Waals surface area contributed by atoms with E-state index in [2.05, 4.69) is 31.2 Å². The molecule has 1 aromatic rings. The van der Waals surface area contributed by atoms with Gasteiger partial charge in [-0.05, 0) is 22.4 Å².